The summed E-state index contributed by atoms with van der Waals surface area (Å²) in [6, 6.07) is 1.94. The Kier molecular flexibility index (Phi) is 4.16. The Labute approximate surface area is 117 Å². The molecule has 7 nitrogen and oxygen atoms in total. The van der Waals surface area contributed by atoms with Crippen LogP contribution in [0.3, 0.4) is 0 Å². The minimum absolute atomic E-state index is 0.403. The standard InChI is InChI=1S/C13H19N5O2/c1-4-5-10-6-11(17(3)7-9(2)12(19)20)18-13(16-10)14-8-15-18/h6,8-9H,4-5,7H2,1-3H3,(H,19,20). The quantitative estimate of drug-likeness (QED) is 0.855. The highest BCUT2D eigenvalue weighted by atomic mass is 16.4. The lowest BCUT2D eigenvalue weighted by atomic mass is 10.1. The molecule has 2 heterocycles. The van der Waals surface area contributed by atoms with Gasteiger partial charge in [0.2, 0.25) is 0 Å². The molecule has 1 N–H and O–H groups in total. The van der Waals surface area contributed by atoms with Crippen LogP contribution in [0.15, 0.2) is 12.4 Å². The molecule has 7 heteroatoms. The number of hydrogen-bond donors (Lipinski definition) is 1. The van der Waals surface area contributed by atoms with Gasteiger partial charge in [0.1, 0.15) is 12.1 Å². The van der Waals surface area contributed by atoms with Gasteiger partial charge in [-0.05, 0) is 6.42 Å². The van der Waals surface area contributed by atoms with E-state index in [4.69, 9.17) is 5.11 Å². The summed E-state index contributed by atoms with van der Waals surface area (Å²) in [5.41, 5.74) is 0.942. The summed E-state index contributed by atoms with van der Waals surface area (Å²) in [6.07, 6.45) is 3.31. The Balaban J connectivity index is 2.35. The third kappa shape index (κ3) is 2.87. The Bertz CT molecular complexity index is 610. The van der Waals surface area contributed by atoms with E-state index in [0.717, 1.165) is 24.4 Å². The normalized spacial score (nSPS) is 12.6. The lowest BCUT2D eigenvalue weighted by molar-refractivity contribution is -0.140. The number of nitrogens with zero attached hydrogens (tertiary/aromatic N) is 5. The monoisotopic (exact) mass is 277 g/mol. The zero-order chi connectivity index (χ0) is 14.7. The first-order valence-corrected chi connectivity index (χ1v) is 6.66. The van der Waals surface area contributed by atoms with Gasteiger partial charge in [-0.3, -0.25) is 4.79 Å². The van der Waals surface area contributed by atoms with Crippen molar-refractivity contribution in [2.24, 2.45) is 5.92 Å². The van der Waals surface area contributed by atoms with Gasteiger partial charge in [0, 0.05) is 25.4 Å². The second kappa shape index (κ2) is 5.85. The molecule has 2 aromatic rings. The number of carboxylic acid groups (broad SMARTS) is 1. The van der Waals surface area contributed by atoms with Crippen molar-refractivity contribution in [3.05, 3.63) is 18.1 Å². The van der Waals surface area contributed by atoms with Crippen molar-refractivity contribution in [3.8, 4) is 0 Å². The van der Waals surface area contributed by atoms with Gasteiger partial charge in [-0.2, -0.15) is 14.6 Å². The molecule has 0 amide bonds. The molecule has 0 fully saturated rings. The van der Waals surface area contributed by atoms with Gasteiger partial charge in [-0.1, -0.05) is 20.3 Å². The van der Waals surface area contributed by atoms with Gasteiger partial charge in [-0.25, -0.2) is 4.98 Å². The van der Waals surface area contributed by atoms with Crippen LogP contribution < -0.4 is 4.90 Å². The Morgan fingerprint density at radius 1 is 1.55 bits per heavy atom. The SMILES string of the molecule is CCCc1cc(N(C)CC(C)C(=O)O)n2ncnc2n1. The molecule has 2 rings (SSSR count). The van der Waals surface area contributed by atoms with E-state index in [-0.39, 0.29) is 0 Å². The molecule has 0 radical (unpaired) electrons. The number of carboxylic acids is 1. The highest BCUT2D eigenvalue weighted by molar-refractivity contribution is 5.70. The van der Waals surface area contributed by atoms with Crippen LogP contribution in [0.4, 0.5) is 5.82 Å². The third-order valence-electron chi connectivity index (χ3n) is 3.15. The first kappa shape index (κ1) is 14.2. The highest BCUT2D eigenvalue weighted by Gasteiger charge is 2.17. The van der Waals surface area contributed by atoms with Crippen LogP contribution in [-0.4, -0.2) is 44.3 Å². The second-order valence-corrected chi connectivity index (χ2v) is 4.95. The molecule has 0 saturated heterocycles. The fourth-order valence-corrected chi connectivity index (χ4v) is 2.08. The van der Waals surface area contributed by atoms with E-state index in [1.165, 1.54) is 6.33 Å². The summed E-state index contributed by atoms with van der Waals surface area (Å²) in [5.74, 6) is 0.0840. The fraction of sp³-hybridized carbons (Fsp3) is 0.538. The van der Waals surface area contributed by atoms with Crippen molar-refractivity contribution < 1.29 is 9.90 Å². The molecular weight excluding hydrogens is 258 g/mol. The van der Waals surface area contributed by atoms with Crippen LogP contribution in [0.25, 0.3) is 5.78 Å². The number of fused-ring (bicyclic) bond motifs is 1. The molecule has 108 valence electrons. The number of hydrogen-bond acceptors (Lipinski definition) is 5. The van der Waals surface area contributed by atoms with E-state index in [0.29, 0.717) is 12.3 Å². The van der Waals surface area contributed by atoms with E-state index < -0.39 is 11.9 Å². The molecule has 1 unspecified atom stereocenters. The number of anilines is 1. The van der Waals surface area contributed by atoms with Crippen LogP contribution in [0.5, 0.6) is 0 Å². The number of aliphatic carboxylic acids is 1. The zero-order valence-electron chi connectivity index (χ0n) is 11.9. The number of aromatic nitrogens is 4. The molecule has 20 heavy (non-hydrogen) atoms. The summed E-state index contributed by atoms with van der Waals surface area (Å²) in [4.78, 5) is 21.4. The van der Waals surface area contributed by atoms with E-state index >= 15 is 0 Å². The average molecular weight is 277 g/mol. The van der Waals surface area contributed by atoms with Crippen molar-refractivity contribution in [1.29, 1.82) is 0 Å². The molecule has 0 aliphatic rings. The van der Waals surface area contributed by atoms with E-state index in [1.54, 1.807) is 11.4 Å². The molecule has 0 spiro atoms. The van der Waals surface area contributed by atoms with Crippen molar-refractivity contribution in [3.63, 3.8) is 0 Å². The van der Waals surface area contributed by atoms with Gasteiger partial charge >= 0.3 is 5.97 Å². The van der Waals surface area contributed by atoms with Crippen LogP contribution in [-0.2, 0) is 11.2 Å². The molecule has 0 bridgehead atoms. The Morgan fingerprint density at radius 3 is 2.95 bits per heavy atom. The molecule has 0 aromatic carbocycles. The largest absolute Gasteiger partial charge is 0.481 e. The fourth-order valence-electron chi connectivity index (χ4n) is 2.08. The Morgan fingerprint density at radius 2 is 2.30 bits per heavy atom. The number of rotatable bonds is 6. The van der Waals surface area contributed by atoms with Crippen molar-refractivity contribution in [2.45, 2.75) is 26.7 Å². The summed E-state index contributed by atoms with van der Waals surface area (Å²) in [7, 11) is 1.85. The Hall–Kier alpha value is -2.18. The summed E-state index contributed by atoms with van der Waals surface area (Å²) in [5, 5.41) is 13.2. The van der Waals surface area contributed by atoms with Gasteiger partial charge in [0.15, 0.2) is 0 Å². The van der Waals surface area contributed by atoms with Gasteiger partial charge in [-0.15, -0.1) is 0 Å². The first-order chi connectivity index (χ1) is 9.52. The number of aryl methyl sites for hydroxylation is 1. The van der Waals surface area contributed by atoms with Crippen molar-refractivity contribution in [2.75, 3.05) is 18.5 Å². The average Bonchev–Trinajstić information content (AvgIpc) is 2.85. The molecule has 0 aliphatic heterocycles. The van der Waals surface area contributed by atoms with Crippen LogP contribution in [0, 0.1) is 5.92 Å². The summed E-state index contributed by atoms with van der Waals surface area (Å²) in [6.45, 7) is 4.18. The lowest BCUT2D eigenvalue weighted by Gasteiger charge is -2.22. The first-order valence-electron chi connectivity index (χ1n) is 6.66. The summed E-state index contributed by atoms with van der Waals surface area (Å²) >= 11 is 0. The predicted molar refractivity (Wildman–Crippen MR) is 74.8 cm³/mol. The van der Waals surface area contributed by atoms with E-state index in [1.807, 2.05) is 18.0 Å². The van der Waals surface area contributed by atoms with Crippen LogP contribution in [0.1, 0.15) is 26.0 Å². The lowest BCUT2D eigenvalue weighted by Crippen LogP contribution is -2.30. The van der Waals surface area contributed by atoms with Crippen molar-refractivity contribution in [1.82, 2.24) is 19.6 Å². The second-order valence-electron chi connectivity index (χ2n) is 4.95. The maximum absolute atomic E-state index is 11.0. The topological polar surface area (TPSA) is 83.6 Å². The van der Waals surface area contributed by atoms with Gasteiger partial charge in [0.25, 0.3) is 5.78 Å². The zero-order valence-corrected chi connectivity index (χ0v) is 11.9. The molecule has 0 saturated carbocycles. The van der Waals surface area contributed by atoms with E-state index in [2.05, 4.69) is 22.0 Å². The minimum atomic E-state index is -0.811. The van der Waals surface area contributed by atoms with Gasteiger partial charge < -0.3 is 10.0 Å². The molecular formula is C13H19N5O2. The molecule has 0 aliphatic carbocycles. The predicted octanol–water partition coefficient (Wildman–Crippen LogP) is 1.23. The maximum Gasteiger partial charge on any atom is 0.308 e. The third-order valence-corrected chi connectivity index (χ3v) is 3.15. The summed E-state index contributed by atoms with van der Waals surface area (Å²) < 4.78 is 1.63. The smallest absolute Gasteiger partial charge is 0.308 e. The van der Waals surface area contributed by atoms with Crippen LogP contribution in [0.2, 0.25) is 0 Å². The number of carbonyl (C=O) groups is 1. The van der Waals surface area contributed by atoms with Crippen LogP contribution >= 0.6 is 0 Å². The van der Waals surface area contributed by atoms with Gasteiger partial charge in [0.05, 0.1) is 5.92 Å². The minimum Gasteiger partial charge on any atom is -0.481 e. The highest BCUT2D eigenvalue weighted by Crippen LogP contribution is 2.17. The van der Waals surface area contributed by atoms with Crippen molar-refractivity contribution >= 4 is 17.6 Å². The van der Waals surface area contributed by atoms with E-state index in [9.17, 15) is 4.79 Å². The molecule has 2 aromatic heterocycles. The molecule has 1 atom stereocenters. The maximum atomic E-state index is 11.0.